The van der Waals surface area contributed by atoms with Gasteiger partial charge < -0.3 is 9.47 Å². The van der Waals surface area contributed by atoms with E-state index in [4.69, 9.17) is 9.47 Å². The number of nitro benzene ring substituents is 1. The third kappa shape index (κ3) is 4.62. The van der Waals surface area contributed by atoms with Gasteiger partial charge in [0.25, 0.3) is 0 Å². The van der Waals surface area contributed by atoms with Crippen LogP contribution >= 0.6 is 15.9 Å². The van der Waals surface area contributed by atoms with E-state index in [1.54, 1.807) is 19.2 Å². The Balaban J connectivity index is 2.63. The Hall–Kier alpha value is -1.14. The predicted octanol–water partition coefficient (Wildman–Crippen LogP) is 3.30. The molecule has 0 bridgehead atoms. The lowest BCUT2D eigenvalue weighted by Crippen LogP contribution is -2.02. The molecule has 18 heavy (non-hydrogen) atoms. The fourth-order valence-electron chi connectivity index (χ4n) is 1.44. The van der Waals surface area contributed by atoms with Crippen molar-refractivity contribution in [1.29, 1.82) is 0 Å². The Kier molecular flexibility index (Phi) is 6.67. The van der Waals surface area contributed by atoms with Gasteiger partial charge in [0.1, 0.15) is 0 Å². The van der Waals surface area contributed by atoms with Gasteiger partial charge in [-0.1, -0.05) is 22.0 Å². The SMILES string of the molecule is COCCCCOc1cc(CBr)ccc1[N+](=O)[O-]. The lowest BCUT2D eigenvalue weighted by Gasteiger charge is -2.07. The standard InChI is InChI=1S/C12H16BrNO4/c1-17-6-2-3-7-18-12-8-10(9-13)4-5-11(12)14(15)16/h4-5,8H,2-3,6-7,9H2,1H3. The van der Waals surface area contributed by atoms with Crippen LogP contribution in [0.5, 0.6) is 5.75 Å². The van der Waals surface area contributed by atoms with Crippen molar-refractivity contribution in [1.82, 2.24) is 0 Å². The second kappa shape index (κ2) is 8.05. The van der Waals surface area contributed by atoms with Crippen LogP contribution in [0.1, 0.15) is 18.4 Å². The minimum atomic E-state index is -0.428. The molecule has 5 nitrogen and oxygen atoms in total. The number of unbranched alkanes of at least 4 members (excludes halogenated alkanes) is 1. The first-order valence-corrected chi connectivity index (χ1v) is 6.76. The Morgan fingerprint density at radius 3 is 2.67 bits per heavy atom. The van der Waals surface area contributed by atoms with Crippen molar-refractivity contribution in [2.75, 3.05) is 20.3 Å². The number of rotatable bonds is 8. The number of hydrogen-bond acceptors (Lipinski definition) is 4. The average molecular weight is 318 g/mol. The van der Waals surface area contributed by atoms with Crippen LogP contribution in [0.4, 0.5) is 5.69 Å². The molecule has 1 aromatic carbocycles. The van der Waals surface area contributed by atoms with Crippen molar-refractivity contribution in [3.8, 4) is 5.75 Å². The molecule has 0 saturated heterocycles. The lowest BCUT2D eigenvalue weighted by molar-refractivity contribution is -0.385. The van der Waals surface area contributed by atoms with E-state index >= 15 is 0 Å². The fourth-order valence-corrected chi connectivity index (χ4v) is 1.79. The van der Waals surface area contributed by atoms with Crippen LogP contribution in [0.2, 0.25) is 0 Å². The maximum Gasteiger partial charge on any atom is 0.310 e. The third-order valence-corrected chi connectivity index (χ3v) is 3.02. The minimum Gasteiger partial charge on any atom is -0.487 e. The molecule has 0 radical (unpaired) electrons. The lowest BCUT2D eigenvalue weighted by atomic mass is 10.2. The summed E-state index contributed by atoms with van der Waals surface area (Å²) >= 11 is 3.31. The second-order valence-corrected chi connectivity index (χ2v) is 4.30. The number of benzene rings is 1. The first-order valence-electron chi connectivity index (χ1n) is 5.64. The van der Waals surface area contributed by atoms with E-state index in [9.17, 15) is 10.1 Å². The van der Waals surface area contributed by atoms with Gasteiger partial charge in [0.15, 0.2) is 5.75 Å². The zero-order chi connectivity index (χ0) is 13.4. The number of nitro groups is 1. The van der Waals surface area contributed by atoms with Crippen LogP contribution in [0, 0.1) is 10.1 Å². The van der Waals surface area contributed by atoms with Crippen LogP contribution in [-0.4, -0.2) is 25.2 Å². The van der Waals surface area contributed by atoms with E-state index in [1.165, 1.54) is 6.07 Å². The van der Waals surface area contributed by atoms with Crippen molar-refractivity contribution in [2.24, 2.45) is 0 Å². The molecule has 0 N–H and O–H groups in total. The molecular weight excluding hydrogens is 302 g/mol. The maximum atomic E-state index is 10.9. The van der Waals surface area contributed by atoms with Crippen molar-refractivity contribution in [3.63, 3.8) is 0 Å². The number of ether oxygens (including phenoxy) is 2. The number of alkyl halides is 1. The van der Waals surface area contributed by atoms with Crippen molar-refractivity contribution in [2.45, 2.75) is 18.2 Å². The van der Waals surface area contributed by atoms with Gasteiger partial charge in [0, 0.05) is 25.1 Å². The van der Waals surface area contributed by atoms with Gasteiger partial charge in [-0.25, -0.2) is 0 Å². The van der Waals surface area contributed by atoms with Crippen molar-refractivity contribution < 1.29 is 14.4 Å². The largest absolute Gasteiger partial charge is 0.487 e. The summed E-state index contributed by atoms with van der Waals surface area (Å²) in [5.41, 5.74) is 0.957. The van der Waals surface area contributed by atoms with Gasteiger partial charge in [-0.2, -0.15) is 0 Å². The summed E-state index contributed by atoms with van der Waals surface area (Å²) in [6.07, 6.45) is 1.69. The molecule has 6 heteroatoms. The van der Waals surface area contributed by atoms with Gasteiger partial charge in [-0.3, -0.25) is 10.1 Å². The Bertz CT molecular complexity index is 398. The quantitative estimate of drug-likeness (QED) is 0.319. The van der Waals surface area contributed by atoms with Crippen LogP contribution in [0.3, 0.4) is 0 Å². The van der Waals surface area contributed by atoms with Crippen LogP contribution in [0.25, 0.3) is 0 Å². The number of halogens is 1. The third-order valence-electron chi connectivity index (χ3n) is 2.38. The molecule has 0 aliphatic heterocycles. The summed E-state index contributed by atoms with van der Waals surface area (Å²) in [4.78, 5) is 10.4. The van der Waals surface area contributed by atoms with E-state index in [1.807, 2.05) is 0 Å². The fraction of sp³-hybridized carbons (Fsp3) is 0.500. The summed E-state index contributed by atoms with van der Waals surface area (Å²) in [7, 11) is 1.64. The number of nitrogens with zero attached hydrogens (tertiary/aromatic N) is 1. The molecular formula is C12H16BrNO4. The molecule has 0 aromatic heterocycles. The molecule has 0 heterocycles. The van der Waals surface area contributed by atoms with Crippen LogP contribution in [-0.2, 0) is 10.1 Å². The molecule has 0 saturated carbocycles. The zero-order valence-electron chi connectivity index (χ0n) is 10.2. The summed E-state index contributed by atoms with van der Waals surface area (Å²) in [6, 6.07) is 4.88. The van der Waals surface area contributed by atoms with E-state index in [2.05, 4.69) is 15.9 Å². The highest BCUT2D eigenvalue weighted by Crippen LogP contribution is 2.28. The molecule has 0 aliphatic rings. The molecule has 0 amide bonds. The average Bonchev–Trinajstić information content (AvgIpc) is 2.38. The van der Waals surface area contributed by atoms with Gasteiger partial charge >= 0.3 is 5.69 Å². The molecule has 0 spiro atoms. The molecule has 0 atom stereocenters. The smallest absolute Gasteiger partial charge is 0.310 e. The Morgan fingerprint density at radius 2 is 2.06 bits per heavy atom. The zero-order valence-corrected chi connectivity index (χ0v) is 11.8. The minimum absolute atomic E-state index is 0.00596. The first kappa shape index (κ1) is 14.9. The summed E-state index contributed by atoms with van der Waals surface area (Å²) in [6.45, 7) is 1.13. The highest BCUT2D eigenvalue weighted by Gasteiger charge is 2.15. The normalized spacial score (nSPS) is 10.3. The Morgan fingerprint density at radius 1 is 1.33 bits per heavy atom. The summed E-state index contributed by atoms with van der Waals surface area (Å²) < 4.78 is 10.4. The molecule has 100 valence electrons. The highest BCUT2D eigenvalue weighted by atomic mass is 79.9. The van der Waals surface area contributed by atoms with E-state index in [0.29, 0.717) is 24.3 Å². The first-order chi connectivity index (χ1) is 8.69. The monoisotopic (exact) mass is 317 g/mol. The molecule has 0 aliphatic carbocycles. The second-order valence-electron chi connectivity index (χ2n) is 3.74. The van der Waals surface area contributed by atoms with Crippen LogP contribution < -0.4 is 4.74 Å². The molecule has 0 fully saturated rings. The van der Waals surface area contributed by atoms with Crippen LogP contribution in [0.15, 0.2) is 18.2 Å². The highest BCUT2D eigenvalue weighted by molar-refractivity contribution is 9.08. The molecule has 1 rings (SSSR count). The number of hydrogen-bond donors (Lipinski definition) is 0. The van der Waals surface area contributed by atoms with E-state index < -0.39 is 4.92 Å². The summed E-state index contributed by atoms with van der Waals surface area (Å²) in [5.74, 6) is 0.328. The van der Waals surface area contributed by atoms with E-state index in [-0.39, 0.29) is 5.69 Å². The maximum absolute atomic E-state index is 10.9. The molecule has 0 unspecified atom stereocenters. The van der Waals surface area contributed by atoms with Gasteiger partial charge in [-0.05, 0) is 24.5 Å². The summed E-state index contributed by atoms with van der Waals surface area (Å²) in [5, 5.41) is 11.5. The number of methoxy groups -OCH3 is 1. The van der Waals surface area contributed by atoms with Crippen molar-refractivity contribution >= 4 is 21.6 Å². The predicted molar refractivity (Wildman–Crippen MR) is 72.3 cm³/mol. The van der Waals surface area contributed by atoms with E-state index in [0.717, 1.165) is 18.4 Å². The van der Waals surface area contributed by atoms with Gasteiger partial charge in [0.05, 0.1) is 11.5 Å². The van der Waals surface area contributed by atoms with Crippen molar-refractivity contribution in [3.05, 3.63) is 33.9 Å². The topological polar surface area (TPSA) is 61.6 Å². The van der Waals surface area contributed by atoms with Gasteiger partial charge in [0.2, 0.25) is 0 Å². The Labute approximate surface area is 114 Å². The molecule has 1 aromatic rings. The van der Waals surface area contributed by atoms with Gasteiger partial charge in [-0.15, -0.1) is 0 Å².